The number of likely N-dealkylation sites (tertiary alicyclic amines) is 1. The van der Waals surface area contributed by atoms with Gasteiger partial charge in [0.05, 0.1) is 6.04 Å². The zero-order valence-electron chi connectivity index (χ0n) is 8.60. The van der Waals surface area contributed by atoms with E-state index in [-0.39, 0.29) is 0 Å². The molecule has 0 bridgehead atoms. The number of nitrogen functional groups attached to an aromatic ring is 1. The Hall–Kier alpha value is -0.680. The Labute approximate surface area is 88.1 Å². The van der Waals surface area contributed by atoms with Gasteiger partial charge in [0.15, 0.2) is 0 Å². The van der Waals surface area contributed by atoms with Gasteiger partial charge >= 0.3 is 0 Å². The zero-order chi connectivity index (χ0) is 10.1. The van der Waals surface area contributed by atoms with Crippen LogP contribution in [0.1, 0.15) is 37.7 Å². The third-order valence-electron chi connectivity index (χ3n) is 2.70. The number of anilines is 1. The Kier molecular flexibility index (Phi) is 2.69. The van der Waals surface area contributed by atoms with E-state index in [9.17, 15) is 0 Å². The van der Waals surface area contributed by atoms with Crippen molar-refractivity contribution in [1.82, 2.24) is 15.1 Å². The van der Waals surface area contributed by atoms with Crippen molar-refractivity contribution in [3.05, 3.63) is 5.01 Å². The summed E-state index contributed by atoms with van der Waals surface area (Å²) in [4.78, 5) is 2.47. The van der Waals surface area contributed by atoms with E-state index in [4.69, 9.17) is 5.73 Å². The minimum atomic E-state index is 0.449. The molecule has 0 aliphatic carbocycles. The molecular formula is C9H16N4S. The summed E-state index contributed by atoms with van der Waals surface area (Å²) in [7, 11) is 0. The Morgan fingerprint density at radius 3 is 2.86 bits per heavy atom. The highest BCUT2D eigenvalue weighted by atomic mass is 32.1. The third kappa shape index (κ3) is 1.74. The van der Waals surface area contributed by atoms with Gasteiger partial charge in [0.25, 0.3) is 0 Å². The number of nitrogens with two attached hydrogens (primary N) is 1. The maximum atomic E-state index is 5.59. The van der Waals surface area contributed by atoms with E-state index in [1.54, 1.807) is 0 Å². The van der Waals surface area contributed by atoms with Gasteiger partial charge < -0.3 is 5.73 Å². The molecule has 0 saturated carbocycles. The van der Waals surface area contributed by atoms with E-state index in [0.717, 1.165) is 5.01 Å². The molecule has 14 heavy (non-hydrogen) atoms. The normalized spacial score (nSPS) is 23.5. The van der Waals surface area contributed by atoms with Crippen molar-refractivity contribution >= 4 is 16.5 Å². The van der Waals surface area contributed by atoms with Crippen molar-refractivity contribution in [2.24, 2.45) is 0 Å². The number of hydrogen-bond acceptors (Lipinski definition) is 5. The van der Waals surface area contributed by atoms with Gasteiger partial charge in [-0.2, -0.15) is 0 Å². The lowest BCUT2D eigenvalue weighted by atomic mass is 10.2. The lowest BCUT2D eigenvalue weighted by molar-refractivity contribution is 0.204. The van der Waals surface area contributed by atoms with Crippen molar-refractivity contribution in [3.8, 4) is 0 Å². The second kappa shape index (κ2) is 3.82. The topological polar surface area (TPSA) is 55.0 Å². The summed E-state index contributed by atoms with van der Waals surface area (Å²) in [6.07, 6.45) is 2.44. The summed E-state index contributed by atoms with van der Waals surface area (Å²) in [5, 5.41) is 9.66. The van der Waals surface area contributed by atoms with Crippen LogP contribution in [0.3, 0.4) is 0 Å². The van der Waals surface area contributed by atoms with Crippen LogP contribution in [0.5, 0.6) is 0 Å². The lowest BCUT2D eigenvalue weighted by Crippen LogP contribution is -2.30. The molecule has 1 aliphatic heterocycles. The molecule has 1 atom stereocenters. The first kappa shape index (κ1) is 9.86. The smallest absolute Gasteiger partial charge is 0.203 e. The molecule has 2 N–H and O–H groups in total. The van der Waals surface area contributed by atoms with Gasteiger partial charge in [-0.05, 0) is 33.2 Å². The van der Waals surface area contributed by atoms with Crippen LogP contribution >= 0.6 is 11.3 Å². The average molecular weight is 212 g/mol. The van der Waals surface area contributed by atoms with Gasteiger partial charge in [0, 0.05) is 6.04 Å². The largest absolute Gasteiger partial charge is 0.374 e. The molecule has 2 heterocycles. The van der Waals surface area contributed by atoms with Gasteiger partial charge in [-0.25, -0.2) is 0 Å². The van der Waals surface area contributed by atoms with Crippen molar-refractivity contribution in [1.29, 1.82) is 0 Å². The molecule has 1 aliphatic rings. The van der Waals surface area contributed by atoms with Gasteiger partial charge in [-0.3, -0.25) is 4.90 Å². The molecule has 5 heteroatoms. The lowest BCUT2D eigenvalue weighted by Gasteiger charge is -2.26. The van der Waals surface area contributed by atoms with Crippen LogP contribution in [0, 0.1) is 0 Å². The number of rotatable bonds is 2. The maximum Gasteiger partial charge on any atom is 0.203 e. The second-order valence-corrected chi connectivity index (χ2v) is 5.01. The molecule has 0 amide bonds. The summed E-state index contributed by atoms with van der Waals surface area (Å²) >= 11 is 1.52. The van der Waals surface area contributed by atoms with E-state index in [0.29, 0.717) is 17.2 Å². The first-order chi connectivity index (χ1) is 6.68. The fourth-order valence-corrected chi connectivity index (χ4v) is 2.82. The molecule has 0 radical (unpaired) electrons. The summed E-state index contributed by atoms with van der Waals surface area (Å²) < 4.78 is 0. The number of hydrogen-bond donors (Lipinski definition) is 1. The Morgan fingerprint density at radius 1 is 1.50 bits per heavy atom. The Morgan fingerprint density at radius 2 is 2.29 bits per heavy atom. The highest BCUT2D eigenvalue weighted by Gasteiger charge is 2.30. The summed E-state index contributed by atoms with van der Waals surface area (Å²) in [6.45, 7) is 5.62. The molecule has 1 saturated heterocycles. The molecule has 1 aromatic rings. The predicted molar refractivity (Wildman–Crippen MR) is 58.1 cm³/mol. The molecule has 0 aromatic carbocycles. The second-order valence-electron chi connectivity index (χ2n) is 3.97. The van der Waals surface area contributed by atoms with Crippen molar-refractivity contribution < 1.29 is 0 Å². The molecule has 1 aromatic heterocycles. The summed E-state index contributed by atoms with van der Waals surface area (Å²) in [6, 6.07) is 1.03. The van der Waals surface area contributed by atoms with Crippen molar-refractivity contribution in [2.45, 2.75) is 38.8 Å². The van der Waals surface area contributed by atoms with Crippen LogP contribution < -0.4 is 5.73 Å². The van der Waals surface area contributed by atoms with E-state index >= 15 is 0 Å². The fraction of sp³-hybridized carbons (Fsp3) is 0.778. The summed E-state index contributed by atoms with van der Waals surface area (Å²) in [5.74, 6) is 0. The maximum absolute atomic E-state index is 5.59. The fourth-order valence-electron chi connectivity index (χ4n) is 2.05. The number of aromatic nitrogens is 2. The van der Waals surface area contributed by atoms with Crippen LogP contribution in [-0.4, -0.2) is 27.7 Å². The van der Waals surface area contributed by atoms with Crippen LogP contribution in [0.15, 0.2) is 0 Å². The first-order valence-electron chi connectivity index (χ1n) is 5.03. The van der Waals surface area contributed by atoms with Crippen LogP contribution in [-0.2, 0) is 0 Å². The predicted octanol–water partition coefficient (Wildman–Crippen LogP) is 1.67. The SMILES string of the molecule is CC(C)N1CCC[C@@H]1c1nnc(N)s1. The monoisotopic (exact) mass is 212 g/mol. The standard InChI is InChI=1S/C9H16N4S/c1-6(2)13-5-3-4-7(13)8-11-12-9(10)14-8/h6-7H,3-5H2,1-2H3,(H2,10,12)/t7-/m1/s1. The van der Waals surface area contributed by atoms with Crippen LogP contribution in [0.25, 0.3) is 0 Å². The van der Waals surface area contributed by atoms with Crippen molar-refractivity contribution in [2.75, 3.05) is 12.3 Å². The van der Waals surface area contributed by atoms with Gasteiger partial charge in [0.2, 0.25) is 5.13 Å². The minimum Gasteiger partial charge on any atom is -0.374 e. The summed E-state index contributed by atoms with van der Waals surface area (Å²) in [5.41, 5.74) is 5.59. The van der Waals surface area contributed by atoms with Gasteiger partial charge in [-0.1, -0.05) is 11.3 Å². The minimum absolute atomic E-state index is 0.449. The Balaban J connectivity index is 2.17. The van der Waals surface area contributed by atoms with Crippen LogP contribution in [0.4, 0.5) is 5.13 Å². The first-order valence-corrected chi connectivity index (χ1v) is 5.84. The van der Waals surface area contributed by atoms with E-state index in [2.05, 4.69) is 28.9 Å². The molecule has 78 valence electrons. The van der Waals surface area contributed by atoms with Gasteiger partial charge in [-0.15, -0.1) is 10.2 Å². The highest BCUT2D eigenvalue weighted by molar-refractivity contribution is 7.15. The zero-order valence-corrected chi connectivity index (χ0v) is 9.42. The van der Waals surface area contributed by atoms with Gasteiger partial charge in [0.1, 0.15) is 5.01 Å². The third-order valence-corrected chi connectivity index (χ3v) is 3.55. The van der Waals surface area contributed by atoms with E-state index in [1.165, 1.54) is 30.7 Å². The molecule has 2 rings (SSSR count). The quantitative estimate of drug-likeness (QED) is 0.810. The van der Waals surface area contributed by atoms with Crippen LogP contribution in [0.2, 0.25) is 0 Å². The van der Waals surface area contributed by atoms with E-state index < -0.39 is 0 Å². The molecule has 4 nitrogen and oxygen atoms in total. The molecule has 0 spiro atoms. The number of nitrogens with zero attached hydrogens (tertiary/aromatic N) is 3. The average Bonchev–Trinajstić information content (AvgIpc) is 2.70. The Bertz CT molecular complexity index is 310. The molecular weight excluding hydrogens is 196 g/mol. The molecule has 0 unspecified atom stereocenters. The molecule has 1 fully saturated rings. The highest BCUT2D eigenvalue weighted by Crippen LogP contribution is 2.35. The van der Waals surface area contributed by atoms with E-state index in [1.807, 2.05) is 0 Å². The van der Waals surface area contributed by atoms with Crippen molar-refractivity contribution in [3.63, 3.8) is 0 Å².